The van der Waals surface area contributed by atoms with Gasteiger partial charge in [-0.2, -0.15) is 0 Å². The summed E-state index contributed by atoms with van der Waals surface area (Å²) in [6.45, 7) is 0. The lowest BCUT2D eigenvalue weighted by molar-refractivity contribution is -0.122. The molecule has 1 saturated heterocycles. The second-order valence-corrected chi connectivity index (χ2v) is 6.91. The molecule has 0 aliphatic carbocycles. The molecule has 1 aromatic carbocycles. The third kappa shape index (κ3) is 3.17. The lowest BCUT2D eigenvalue weighted by Gasteiger charge is -2.04. The second-order valence-electron chi connectivity index (χ2n) is 4.27. The average Bonchev–Trinajstić information content (AvgIpc) is 2.91. The van der Waals surface area contributed by atoms with Crippen LogP contribution in [0, 0.1) is 0 Å². The third-order valence-electron chi connectivity index (χ3n) is 2.73. The Labute approximate surface area is 132 Å². The van der Waals surface area contributed by atoms with Crippen LogP contribution >= 0.6 is 34.7 Å². The molecule has 6 nitrogen and oxygen atoms in total. The minimum atomic E-state index is -0.679. The lowest BCUT2D eigenvalue weighted by atomic mass is 10.3. The number of halogens is 1. The van der Waals surface area contributed by atoms with Gasteiger partial charge in [-0.25, -0.2) is 4.98 Å². The van der Waals surface area contributed by atoms with Gasteiger partial charge in [0.15, 0.2) is 5.13 Å². The van der Waals surface area contributed by atoms with Gasteiger partial charge < -0.3 is 5.32 Å². The predicted octanol–water partition coefficient (Wildman–Crippen LogP) is 2.63. The first-order valence-corrected chi connectivity index (χ1v) is 7.96. The molecular formula is C12H8ClN3O3S2. The zero-order valence-corrected chi connectivity index (χ0v) is 12.8. The monoisotopic (exact) mass is 341 g/mol. The van der Waals surface area contributed by atoms with Crippen molar-refractivity contribution in [2.75, 3.05) is 5.32 Å². The first-order valence-electron chi connectivity index (χ1n) is 5.89. The number of fused-ring (bicyclic) bond motifs is 1. The quantitative estimate of drug-likeness (QED) is 0.896. The molecule has 1 aromatic heterocycles. The molecule has 1 fully saturated rings. The van der Waals surface area contributed by atoms with E-state index in [0.29, 0.717) is 10.2 Å². The van der Waals surface area contributed by atoms with E-state index < -0.39 is 16.4 Å². The maximum absolute atomic E-state index is 11.9. The molecule has 2 N–H and O–H groups in total. The molecule has 1 aliphatic rings. The molecule has 0 bridgehead atoms. The first-order chi connectivity index (χ1) is 10.0. The van der Waals surface area contributed by atoms with E-state index in [1.54, 1.807) is 18.2 Å². The summed E-state index contributed by atoms with van der Waals surface area (Å²) in [6, 6.07) is 5.26. The van der Waals surface area contributed by atoms with Gasteiger partial charge in [0.05, 0.1) is 10.2 Å². The fraction of sp³-hybridized carbons (Fsp3) is 0.167. The van der Waals surface area contributed by atoms with Gasteiger partial charge in [-0.05, 0) is 18.2 Å². The van der Waals surface area contributed by atoms with Crippen molar-refractivity contribution < 1.29 is 14.4 Å². The van der Waals surface area contributed by atoms with Crippen LogP contribution in [-0.2, 0) is 9.59 Å². The Hall–Kier alpha value is -1.64. The van der Waals surface area contributed by atoms with Gasteiger partial charge in [-0.3, -0.25) is 19.7 Å². The van der Waals surface area contributed by atoms with E-state index in [2.05, 4.69) is 15.6 Å². The molecule has 0 radical (unpaired) electrons. The van der Waals surface area contributed by atoms with Crippen molar-refractivity contribution in [2.45, 2.75) is 11.7 Å². The molecule has 21 heavy (non-hydrogen) atoms. The van der Waals surface area contributed by atoms with Crippen molar-refractivity contribution in [1.29, 1.82) is 0 Å². The Balaban J connectivity index is 1.68. The molecule has 1 atom stereocenters. The number of thiazole rings is 1. The Bertz CT molecular complexity index is 761. The van der Waals surface area contributed by atoms with Crippen LogP contribution in [0.3, 0.4) is 0 Å². The van der Waals surface area contributed by atoms with E-state index in [4.69, 9.17) is 11.6 Å². The van der Waals surface area contributed by atoms with Gasteiger partial charge in [0.1, 0.15) is 5.25 Å². The highest BCUT2D eigenvalue weighted by Gasteiger charge is 2.33. The molecule has 9 heteroatoms. The molecule has 2 aromatic rings. The summed E-state index contributed by atoms with van der Waals surface area (Å²) in [4.78, 5) is 38.6. The maximum atomic E-state index is 11.9. The van der Waals surface area contributed by atoms with Gasteiger partial charge in [0, 0.05) is 11.4 Å². The van der Waals surface area contributed by atoms with E-state index in [-0.39, 0.29) is 12.3 Å². The van der Waals surface area contributed by atoms with Crippen LogP contribution in [0.1, 0.15) is 6.42 Å². The molecule has 2 heterocycles. The number of hydrogen-bond donors (Lipinski definition) is 2. The van der Waals surface area contributed by atoms with Crippen molar-refractivity contribution in [1.82, 2.24) is 10.3 Å². The number of anilines is 1. The highest BCUT2D eigenvalue weighted by Crippen LogP contribution is 2.29. The van der Waals surface area contributed by atoms with Crippen molar-refractivity contribution >= 4 is 67.1 Å². The number of thioether (sulfide) groups is 1. The fourth-order valence-corrected chi connectivity index (χ4v) is 3.79. The van der Waals surface area contributed by atoms with Crippen LogP contribution < -0.4 is 10.6 Å². The third-order valence-corrected chi connectivity index (χ3v) is 4.88. The minimum absolute atomic E-state index is 0.0705. The number of carbonyl (C=O) groups is 3. The summed E-state index contributed by atoms with van der Waals surface area (Å²) >= 11 is 8.01. The Kier molecular flexibility index (Phi) is 3.83. The smallest absolute Gasteiger partial charge is 0.286 e. The molecular weight excluding hydrogens is 334 g/mol. The molecule has 108 valence electrons. The number of rotatable bonds is 3. The molecule has 1 aliphatic heterocycles. The van der Waals surface area contributed by atoms with Crippen LogP contribution in [0.2, 0.25) is 5.02 Å². The number of amides is 3. The van der Waals surface area contributed by atoms with Crippen LogP contribution in [-0.4, -0.2) is 27.3 Å². The fourth-order valence-electron chi connectivity index (χ4n) is 1.82. The summed E-state index contributed by atoms with van der Waals surface area (Å²) in [6.07, 6.45) is -0.0705. The van der Waals surface area contributed by atoms with Gasteiger partial charge in [-0.15, -0.1) is 0 Å². The van der Waals surface area contributed by atoms with E-state index in [1.807, 2.05) is 0 Å². The van der Waals surface area contributed by atoms with Crippen LogP contribution in [0.15, 0.2) is 18.2 Å². The highest BCUT2D eigenvalue weighted by molar-refractivity contribution is 8.15. The maximum Gasteiger partial charge on any atom is 0.286 e. The summed E-state index contributed by atoms with van der Waals surface area (Å²) in [5.74, 6) is -0.793. The Morgan fingerprint density at radius 3 is 2.95 bits per heavy atom. The lowest BCUT2D eigenvalue weighted by Crippen LogP contribution is -2.27. The van der Waals surface area contributed by atoms with Gasteiger partial charge in [-0.1, -0.05) is 34.7 Å². The minimum Gasteiger partial charge on any atom is -0.302 e. The summed E-state index contributed by atoms with van der Waals surface area (Å²) < 4.78 is 0.862. The van der Waals surface area contributed by atoms with Crippen LogP contribution in [0.4, 0.5) is 9.93 Å². The topological polar surface area (TPSA) is 88.2 Å². The van der Waals surface area contributed by atoms with E-state index >= 15 is 0 Å². The van der Waals surface area contributed by atoms with Crippen molar-refractivity contribution in [2.24, 2.45) is 0 Å². The van der Waals surface area contributed by atoms with E-state index in [0.717, 1.165) is 22.0 Å². The number of carbonyl (C=O) groups excluding carboxylic acids is 3. The summed E-state index contributed by atoms with van der Waals surface area (Å²) in [5, 5.41) is 4.71. The number of benzene rings is 1. The van der Waals surface area contributed by atoms with E-state index in [9.17, 15) is 14.4 Å². The summed E-state index contributed by atoms with van der Waals surface area (Å²) in [5.41, 5.74) is 0.739. The molecule has 0 saturated carbocycles. The van der Waals surface area contributed by atoms with Crippen molar-refractivity contribution in [3.8, 4) is 0 Å². The zero-order chi connectivity index (χ0) is 15.0. The second kappa shape index (κ2) is 5.63. The highest BCUT2D eigenvalue weighted by atomic mass is 35.5. The normalized spacial score (nSPS) is 18.0. The van der Waals surface area contributed by atoms with Crippen molar-refractivity contribution in [3.63, 3.8) is 0 Å². The number of hydrogen-bond acceptors (Lipinski definition) is 6. The van der Waals surface area contributed by atoms with Crippen LogP contribution in [0.25, 0.3) is 10.2 Å². The van der Waals surface area contributed by atoms with Gasteiger partial charge in [0.2, 0.25) is 11.8 Å². The SMILES string of the molecule is O=C(CC1SC(=O)NC1=O)Nc1nc2ccc(Cl)cc2s1. The predicted molar refractivity (Wildman–Crippen MR) is 82.8 cm³/mol. The number of imide groups is 1. The number of nitrogens with one attached hydrogen (secondary N) is 2. The van der Waals surface area contributed by atoms with Gasteiger partial charge >= 0.3 is 0 Å². The number of aromatic nitrogens is 1. The average molecular weight is 342 g/mol. The zero-order valence-electron chi connectivity index (χ0n) is 10.4. The Morgan fingerprint density at radius 1 is 1.43 bits per heavy atom. The number of nitrogens with zero attached hydrogens (tertiary/aromatic N) is 1. The molecule has 0 spiro atoms. The molecule has 1 unspecified atom stereocenters. The standard InChI is InChI=1S/C12H8ClN3O3S2/c13-5-1-2-6-7(3-5)20-11(14-6)15-9(17)4-8-10(18)16-12(19)21-8/h1-3,8H,4H2,(H,14,15,17)(H,16,18,19). The largest absolute Gasteiger partial charge is 0.302 e. The molecule has 3 amide bonds. The van der Waals surface area contributed by atoms with Crippen LogP contribution in [0.5, 0.6) is 0 Å². The summed E-state index contributed by atoms with van der Waals surface area (Å²) in [7, 11) is 0. The first kappa shape index (κ1) is 14.3. The van der Waals surface area contributed by atoms with Gasteiger partial charge in [0.25, 0.3) is 5.24 Å². The Morgan fingerprint density at radius 2 is 2.24 bits per heavy atom. The van der Waals surface area contributed by atoms with Crippen molar-refractivity contribution in [3.05, 3.63) is 23.2 Å². The molecule has 3 rings (SSSR count). The van der Waals surface area contributed by atoms with E-state index in [1.165, 1.54) is 11.3 Å².